The van der Waals surface area contributed by atoms with E-state index in [1.165, 1.54) is 7.11 Å². The number of carbonyl (C=O) groups is 4. The molecule has 12 heteroatoms. The summed E-state index contributed by atoms with van der Waals surface area (Å²) in [5, 5.41) is 14.2. The van der Waals surface area contributed by atoms with Gasteiger partial charge >= 0.3 is 5.97 Å². The first kappa shape index (κ1) is 34.9. The number of primary amides is 1. The summed E-state index contributed by atoms with van der Waals surface area (Å²) in [7, 11) is 5.10. The quantitative estimate of drug-likeness (QED) is 0.316. The van der Waals surface area contributed by atoms with Gasteiger partial charge in [-0.3, -0.25) is 24.2 Å². The van der Waals surface area contributed by atoms with Crippen molar-refractivity contribution in [2.24, 2.45) is 12.8 Å². The van der Waals surface area contributed by atoms with Crippen molar-refractivity contribution >= 4 is 34.6 Å². The number of aryl methyl sites for hydroxylation is 1. The van der Waals surface area contributed by atoms with Crippen LogP contribution in [0.3, 0.4) is 0 Å². The molecule has 5 rings (SSSR count). The molecule has 3 aromatic rings. The van der Waals surface area contributed by atoms with Crippen molar-refractivity contribution in [3.05, 3.63) is 52.2 Å². The topological polar surface area (TPSA) is 150 Å². The third kappa shape index (κ3) is 6.26. The number of nitrogens with one attached hydrogen (secondary N) is 1. The molecule has 2 aliphatic heterocycles. The predicted octanol–water partition coefficient (Wildman–Crippen LogP) is 3.44. The van der Waals surface area contributed by atoms with Gasteiger partial charge in [0.2, 0.25) is 5.91 Å². The zero-order valence-corrected chi connectivity index (χ0v) is 29.1. The van der Waals surface area contributed by atoms with Gasteiger partial charge in [-0.1, -0.05) is 39.0 Å². The molecule has 12 nitrogen and oxygen atoms in total. The fraction of sp³-hybridized carbons (Fsp3) is 0.500. The third-order valence-electron chi connectivity index (χ3n) is 9.75. The first-order valence-corrected chi connectivity index (χ1v) is 16.6. The summed E-state index contributed by atoms with van der Waals surface area (Å²) in [5.74, 6) is -2.22. The van der Waals surface area contributed by atoms with Gasteiger partial charge in [0.1, 0.15) is 11.4 Å². The average molecular weight is 661 g/mol. The minimum atomic E-state index is -1.15. The van der Waals surface area contributed by atoms with Gasteiger partial charge in [0.05, 0.1) is 29.8 Å². The Labute approximate surface area is 281 Å². The van der Waals surface area contributed by atoms with Gasteiger partial charge in [0.25, 0.3) is 11.8 Å². The molecule has 3 heterocycles. The largest absolute Gasteiger partial charge is 0.495 e. The second-order valence-electron chi connectivity index (χ2n) is 13.9. The summed E-state index contributed by atoms with van der Waals surface area (Å²) in [6.45, 7) is 12.1. The molecule has 0 bridgehead atoms. The van der Waals surface area contributed by atoms with Crippen LogP contribution in [0.15, 0.2) is 24.3 Å². The van der Waals surface area contributed by atoms with E-state index in [1.807, 2.05) is 50.9 Å². The first-order chi connectivity index (χ1) is 22.7. The van der Waals surface area contributed by atoms with Crippen molar-refractivity contribution in [3.63, 3.8) is 0 Å². The maximum Gasteiger partial charge on any atom is 0.353 e. The molecule has 48 heavy (non-hydrogen) atoms. The molecule has 258 valence electrons. The van der Waals surface area contributed by atoms with Gasteiger partial charge < -0.3 is 30.4 Å². The molecular weight excluding hydrogens is 612 g/mol. The number of aromatic nitrogens is 1. The van der Waals surface area contributed by atoms with Gasteiger partial charge in [-0.25, -0.2) is 4.79 Å². The van der Waals surface area contributed by atoms with Crippen molar-refractivity contribution in [2.75, 3.05) is 53.4 Å². The van der Waals surface area contributed by atoms with E-state index >= 15 is 0 Å². The number of nitrogens with zero attached hydrogens (tertiary/aromatic N) is 4. The van der Waals surface area contributed by atoms with Crippen LogP contribution >= 0.6 is 0 Å². The molecule has 2 saturated heterocycles. The Balaban J connectivity index is 1.65. The fourth-order valence-electron chi connectivity index (χ4n) is 7.40. The van der Waals surface area contributed by atoms with Crippen LogP contribution < -0.4 is 15.8 Å². The number of hydrogen-bond donors (Lipinski definition) is 3. The summed E-state index contributed by atoms with van der Waals surface area (Å²) >= 11 is 0. The number of hydrogen-bond acceptors (Lipinski definition) is 7. The van der Waals surface area contributed by atoms with Crippen molar-refractivity contribution in [2.45, 2.75) is 58.5 Å². The number of likely N-dealkylation sites (N-methyl/N-ethyl adjacent to an activating group) is 1. The second-order valence-corrected chi connectivity index (χ2v) is 13.9. The van der Waals surface area contributed by atoms with Crippen molar-refractivity contribution in [1.82, 2.24) is 24.6 Å². The average Bonchev–Trinajstić information content (AvgIpc) is 3.60. The molecule has 2 aliphatic rings. The number of carboxylic acids is 1. The number of para-hydroxylation sites is 1. The van der Waals surface area contributed by atoms with Crippen LogP contribution in [0.5, 0.6) is 5.75 Å². The Hall–Kier alpha value is -4.42. The summed E-state index contributed by atoms with van der Waals surface area (Å²) in [5.41, 5.74) is 8.30. The highest BCUT2D eigenvalue weighted by atomic mass is 16.5. The highest BCUT2D eigenvalue weighted by Crippen LogP contribution is 2.47. The SMILES string of the molecule is CCNC(=O)c1c(OC)c(C(N)=O)cc(C(C)(C)C)c1-c1c(C(=O)O)n(C)c2c(CN3CCN(C(=O)C4CCCN4C)CC3)cccc12. The lowest BCUT2D eigenvalue weighted by Gasteiger charge is -2.37. The molecule has 3 amide bonds. The van der Waals surface area contributed by atoms with Gasteiger partial charge in [-0.05, 0) is 56.0 Å². The summed E-state index contributed by atoms with van der Waals surface area (Å²) in [4.78, 5) is 59.3. The fourth-order valence-corrected chi connectivity index (χ4v) is 7.40. The van der Waals surface area contributed by atoms with Crippen LogP contribution in [0.4, 0.5) is 0 Å². The smallest absolute Gasteiger partial charge is 0.353 e. The number of piperazine rings is 1. The van der Waals surface area contributed by atoms with Crippen LogP contribution in [-0.2, 0) is 23.8 Å². The number of carbonyl (C=O) groups excluding carboxylic acids is 3. The maximum absolute atomic E-state index is 13.9. The van der Waals surface area contributed by atoms with E-state index in [0.717, 1.165) is 30.5 Å². The predicted molar refractivity (Wildman–Crippen MR) is 185 cm³/mol. The maximum atomic E-state index is 13.9. The Bertz CT molecular complexity index is 1760. The minimum Gasteiger partial charge on any atom is -0.495 e. The van der Waals surface area contributed by atoms with Crippen LogP contribution in [-0.4, -0.2) is 108 Å². The minimum absolute atomic E-state index is 0.00263. The van der Waals surface area contributed by atoms with E-state index < -0.39 is 23.2 Å². The molecular formula is C36H48N6O6. The molecule has 4 N–H and O–H groups in total. The van der Waals surface area contributed by atoms with E-state index in [9.17, 15) is 24.3 Å². The summed E-state index contributed by atoms with van der Waals surface area (Å²) in [6, 6.07) is 7.35. The number of benzene rings is 2. The van der Waals surface area contributed by atoms with Gasteiger partial charge in [-0.2, -0.15) is 0 Å². The lowest BCUT2D eigenvalue weighted by Crippen LogP contribution is -2.52. The van der Waals surface area contributed by atoms with Crippen molar-refractivity contribution < 1.29 is 29.0 Å². The number of amides is 3. The second kappa shape index (κ2) is 13.6. The lowest BCUT2D eigenvalue weighted by atomic mass is 9.77. The monoisotopic (exact) mass is 660 g/mol. The van der Waals surface area contributed by atoms with E-state index in [-0.39, 0.29) is 34.5 Å². The number of ether oxygens (including phenoxy) is 1. The normalized spacial score (nSPS) is 17.6. The third-order valence-corrected chi connectivity index (χ3v) is 9.75. The standard InChI is InChI=1S/C36H48N6O6/c1-8-38-33(44)28-27(24(36(2,3)4)19-23(32(37)43)31(28)48-7)26-22-12-9-11-21(29(22)40(6)30(26)35(46)47)20-41-15-17-42(18-16-41)34(45)25-13-10-14-39(25)5/h9,11-12,19,25H,8,10,13-18,20H2,1-7H3,(H2,37,43)(H,38,44)(H,46,47). The van der Waals surface area contributed by atoms with Gasteiger partial charge in [0, 0.05) is 62.8 Å². The highest BCUT2D eigenvalue weighted by Gasteiger charge is 2.36. The molecule has 0 spiro atoms. The van der Waals surface area contributed by atoms with Crippen LogP contribution in [0.2, 0.25) is 0 Å². The van der Waals surface area contributed by atoms with Gasteiger partial charge in [-0.15, -0.1) is 0 Å². The van der Waals surface area contributed by atoms with Crippen molar-refractivity contribution in [1.29, 1.82) is 0 Å². The van der Waals surface area contributed by atoms with E-state index in [0.29, 0.717) is 61.3 Å². The Morgan fingerprint density at radius 1 is 1.04 bits per heavy atom. The van der Waals surface area contributed by atoms with E-state index in [1.54, 1.807) is 24.6 Å². The highest BCUT2D eigenvalue weighted by molar-refractivity contribution is 6.16. The van der Waals surface area contributed by atoms with Crippen LogP contribution in [0.25, 0.3) is 22.0 Å². The van der Waals surface area contributed by atoms with Crippen molar-refractivity contribution in [3.8, 4) is 16.9 Å². The first-order valence-electron chi connectivity index (χ1n) is 16.6. The van der Waals surface area contributed by atoms with Crippen LogP contribution in [0.1, 0.15) is 82.9 Å². The Kier molecular flexibility index (Phi) is 9.89. The summed E-state index contributed by atoms with van der Waals surface area (Å²) < 4.78 is 7.37. The zero-order valence-electron chi connectivity index (χ0n) is 29.1. The number of likely N-dealkylation sites (tertiary alicyclic amines) is 1. The van der Waals surface area contributed by atoms with E-state index in [4.69, 9.17) is 10.5 Å². The molecule has 2 fully saturated rings. The molecule has 0 saturated carbocycles. The molecule has 1 atom stereocenters. The number of methoxy groups -OCH3 is 1. The van der Waals surface area contributed by atoms with Crippen LogP contribution in [0, 0.1) is 0 Å². The number of rotatable bonds is 9. The summed E-state index contributed by atoms with van der Waals surface area (Å²) in [6.07, 6.45) is 1.94. The molecule has 0 aliphatic carbocycles. The lowest BCUT2D eigenvalue weighted by molar-refractivity contribution is -0.137. The number of nitrogens with two attached hydrogens (primary N) is 1. The van der Waals surface area contributed by atoms with Gasteiger partial charge in [0.15, 0.2) is 0 Å². The number of aromatic carboxylic acids is 1. The zero-order chi connectivity index (χ0) is 35.1. The Morgan fingerprint density at radius 2 is 1.73 bits per heavy atom. The molecule has 0 radical (unpaired) electrons. The number of fused-ring (bicyclic) bond motifs is 1. The number of carboxylic acid groups (broad SMARTS) is 1. The Morgan fingerprint density at radius 3 is 2.27 bits per heavy atom. The molecule has 2 aromatic carbocycles. The van der Waals surface area contributed by atoms with E-state index in [2.05, 4.69) is 15.1 Å². The molecule has 1 aromatic heterocycles. The molecule has 1 unspecified atom stereocenters.